The predicted molar refractivity (Wildman–Crippen MR) is 321 cm³/mol. The fourth-order valence-electron chi connectivity index (χ4n) is 10.4. The first kappa shape index (κ1) is 74.4. The third-order valence-corrected chi connectivity index (χ3v) is 15.6. The van der Waals surface area contributed by atoms with Gasteiger partial charge in [0.25, 0.3) is 0 Å². The van der Waals surface area contributed by atoms with E-state index >= 15 is 0 Å². The number of carbonyl (C=O) groups is 13. The van der Waals surface area contributed by atoms with E-state index in [0.717, 1.165) is 0 Å². The second kappa shape index (κ2) is 33.1. The van der Waals surface area contributed by atoms with Crippen LogP contribution in [-0.4, -0.2) is 244 Å². The van der Waals surface area contributed by atoms with Crippen molar-refractivity contribution in [2.45, 2.75) is 225 Å². The summed E-state index contributed by atoms with van der Waals surface area (Å²) < 4.78 is 17.4. The minimum atomic E-state index is -1.45. The molecule has 502 valence electrons. The van der Waals surface area contributed by atoms with Crippen LogP contribution in [0.2, 0.25) is 0 Å². The number of ether oxygens (including phenoxy) is 3. The maximum absolute atomic E-state index is 14.3. The Kier molecular flexibility index (Phi) is 27.7. The first-order valence-corrected chi connectivity index (χ1v) is 30.9. The lowest BCUT2D eigenvalue weighted by Gasteiger charge is -2.34. The molecule has 0 saturated carbocycles. The first-order chi connectivity index (χ1) is 41.4. The van der Waals surface area contributed by atoms with Crippen LogP contribution >= 0.6 is 0 Å². The largest absolute Gasteiger partial charge is 0.480 e. The van der Waals surface area contributed by atoms with Gasteiger partial charge in [0, 0.05) is 26.2 Å². The molecule has 0 bridgehead atoms. The van der Waals surface area contributed by atoms with Gasteiger partial charge >= 0.3 is 5.97 Å². The molecular weight excluding hydrogens is 1160 g/mol. The van der Waals surface area contributed by atoms with Crippen LogP contribution in [0.3, 0.4) is 0 Å². The highest BCUT2D eigenvalue weighted by molar-refractivity contribution is 5.99. The van der Waals surface area contributed by atoms with Crippen molar-refractivity contribution in [3.63, 3.8) is 0 Å². The molecule has 89 heavy (non-hydrogen) atoms. The molecule has 4 saturated heterocycles. The van der Waals surface area contributed by atoms with E-state index in [9.17, 15) is 67.4 Å². The first-order valence-electron chi connectivity index (χ1n) is 30.9. The molecule has 12 amide bonds. The molecule has 30 heteroatoms. The Morgan fingerprint density at radius 3 is 1.39 bits per heavy atom. The van der Waals surface area contributed by atoms with Gasteiger partial charge in [-0.25, -0.2) is 4.79 Å². The van der Waals surface area contributed by atoms with Crippen molar-refractivity contribution in [2.24, 2.45) is 11.7 Å². The van der Waals surface area contributed by atoms with E-state index in [1.54, 1.807) is 69.2 Å². The highest BCUT2D eigenvalue weighted by Gasteiger charge is 2.47. The number of likely N-dealkylation sites (tertiary alicyclic amines) is 4. The summed E-state index contributed by atoms with van der Waals surface area (Å²) >= 11 is 0. The van der Waals surface area contributed by atoms with Crippen LogP contribution in [0.15, 0.2) is 0 Å². The number of hydrogen-bond acceptors (Lipinski definition) is 17. The van der Waals surface area contributed by atoms with Gasteiger partial charge in [0.1, 0.15) is 48.3 Å². The quantitative estimate of drug-likeness (QED) is 0.0375. The standard InChI is InChI=1S/C59H99N13O17/c1-14-33(2)46(60)52(81)65-34(3)47(76)62-27-43(73)61-29-45(75)69-23-15-19-39(69)50(79)67-37(31-88-58(8,9)10)49(78)66-36(30-87-57(5,6)7)48(77)63-28-44(74)64-35(4)53(82)71-25-17-21-41(71)55(84)72-26-18-22-42(72)54(83)70-24-16-20-40(70)51(80)68-38(56(85)86)32-89-59(11,12)13/h33-42,46H,14-32,60H2,1-13H3,(H,61,73)(H,62,76)(H,63,77)(H,64,74)(H,65,81)(H,66,78)(H,67,79)(H,68,80)(H,85,86)/t33-,34-,35-,36-,37-,38-,39-,40-,41-,42-,46-/m0/s1. The average molecular weight is 1260 g/mol. The van der Waals surface area contributed by atoms with E-state index < -0.39 is 180 Å². The molecule has 0 unspecified atom stereocenters. The van der Waals surface area contributed by atoms with Crippen LogP contribution in [0.1, 0.15) is 148 Å². The molecule has 30 nitrogen and oxygen atoms in total. The maximum Gasteiger partial charge on any atom is 0.328 e. The number of carbonyl (C=O) groups excluding carboxylic acids is 12. The van der Waals surface area contributed by atoms with Crippen LogP contribution in [0, 0.1) is 5.92 Å². The van der Waals surface area contributed by atoms with Gasteiger partial charge in [-0.05, 0) is 133 Å². The van der Waals surface area contributed by atoms with Crippen molar-refractivity contribution in [3.05, 3.63) is 0 Å². The van der Waals surface area contributed by atoms with Crippen molar-refractivity contribution in [1.82, 2.24) is 62.1 Å². The molecule has 0 aromatic carbocycles. The zero-order valence-electron chi connectivity index (χ0n) is 54.1. The van der Waals surface area contributed by atoms with Gasteiger partial charge in [-0.3, -0.25) is 57.5 Å². The Morgan fingerprint density at radius 1 is 0.472 bits per heavy atom. The van der Waals surface area contributed by atoms with Crippen molar-refractivity contribution < 1.29 is 81.6 Å². The van der Waals surface area contributed by atoms with Crippen molar-refractivity contribution in [1.29, 1.82) is 0 Å². The average Bonchev–Trinajstić information content (AvgIpc) is 2.34. The molecule has 4 rings (SSSR count). The molecule has 0 radical (unpaired) electrons. The lowest BCUT2D eigenvalue weighted by Crippen LogP contribution is -2.60. The summed E-state index contributed by atoms with van der Waals surface area (Å²) in [6.07, 6.45) is 3.55. The Hall–Kier alpha value is -7.05. The summed E-state index contributed by atoms with van der Waals surface area (Å²) in [5.74, 6) is -9.37. The van der Waals surface area contributed by atoms with Gasteiger partial charge in [0.15, 0.2) is 6.04 Å². The predicted octanol–water partition coefficient (Wildman–Crippen LogP) is -2.33. The number of nitrogens with two attached hydrogens (primary N) is 1. The summed E-state index contributed by atoms with van der Waals surface area (Å²) in [5.41, 5.74) is 3.64. The Balaban J connectivity index is 1.35. The number of aliphatic carboxylic acids is 1. The monoisotopic (exact) mass is 1260 g/mol. The number of rotatable bonds is 29. The molecule has 4 fully saturated rings. The molecule has 4 aliphatic rings. The van der Waals surface area contributed by atoms with E-state index in [1.165, 1.54) is 33.4 Å². The van der Waals surface area contributed by atoms with Gasteiger partial charge < -0.3 is 87.2 Å². The van der Waals surface area contributed by atoms with Crippen LogP contribution < -0.4 is 48.3 Å². The fourth-order valence-corrected chi connectivity index (χ4v) is 10.4. The van der Waals surface area contributed by atoms with Crippen molar-refractivity contribution in [2.75, 3.05) is 65.6 Å². The van der Waals surface area contributed by atoms with Crippen LogP contribution in [0.4, 0.5) is 0 Å². The van der Waals surface area contributed by atoms with E-state index in [-0.39, 0.29) is 64.6 Å². The normalized spacial score (nSPS) is 21.1. The SMILES string of the molecule is CC[C@H](C)[C@H](N)C(=O)N[C@@H](C)C(=O)NCC(=O)NCC(=O)N1CCC[C@H]1C(=O)N[C@@H](COC(C)(C)C)C(=O)N[C@@H](COC(C)(C)C)C(=O)NCC(=O)N[C@@H](C)C(=O)N1CCC[C@H]1C(=O)N1CCC[C@H]1C(=O)N1CCC[C@H]1C(=O)N[C@@H](COC(C)(C)C)C(=O)O. The maximum atomic E-state index is 14.3. The molecule has 4 aliphatic heterocycles. The van der Waals surface area contributed by atoms with Crippen LogP contribution in [0.25, 0.3) is 0 Å². The molecule has 4 heterocycles. The molecule has 0 aliphatic carbocycles. The van der Waals surface area contributed by atoms with E-state index in [1.807, 2.05) is 6.92 Å². The third kappa shape index (κ3) is 23.1. The minimum absolute atomic E-state index is 0.127. The molecule has 0 aromatic heterocycles. The van der Waals surface area contributed by atoms with Crippen LogP contribution in [-0.2, 0) is 76.5 Å². The lowest BCUT2D eigenvalue weighted by atomic mass is 9.99. The summed E-state index contributed by atoms with van der Waals surface area (Å²) in [7, 11) is 0. The zero-order valence-corrected chi connectivity index (χ0v) is 54.1. The van der Waals surface area contributed by atoms with Gasteiger partial charge in [-0.1, -0.05) is 20.3 Å². The highest BCUT2D eigenvalue weighted by Crippen LogP contribution is 2.29. The zero-order chi connectivity index (χ0) is 66.9. The second-order valence-electron chi connectivity index (χ2n) is 26.2. The Morgan fingerprint density at radius 2 is 0.888 bits per heavy atom. The van der Waals surface area contributed by atoms with Crippen molar-refractivity contribution in [3.8, 4) is 0 Å². The van der Waals surface area contributed by atoms with Gasteiger partial charge in [0.05, 0.1) is 62.3 Å². The topological polar surface area (TPSA) is 405 Å². The highest BCUT2D eigenvalue weighted by atomic mass is 16.5. The smallest absolute Gasteiger partial charge is 0.328 e. The summed E-state index contributed by atoms with van der Waals surface area (Å²) in [6.45, 7) is 20.0. The van der Waals surface area contributed by atoms with Gasteiger partial charge in [0.2, 0.25) is 70.9 Å². The number of amides is 12. The molecule has 0 aromatic rings. The summed E-state index contributed by atoms with van der Waals surface area (Å²) in [4.78, 5) is 180. The molecule has 11 atom stereocenters. The second-order valence-corrected chi connectivity index (χ2v) is 26.2. The molecule has 0 spiro atoms. The summed E-state index contributed by atoms with van der Waals surface area (Å²) in [6, 6.07) is -11.2. The Bertz CT molecular complexity index is 2570. The van der Waals surface area contributed by atoms with Gasteiger partial charge in [-0.15, -0.1) is 0 Å². The third-order valence-electron chi connectivity index (χ3n) is 15.6. The minimum Gasteiger partial charge on any atom is -0.480 e. The molecule has 11 N–H and O–H groups in total. The number of carboxylic acid groups (broad SMARTS) is 1. The Labute approximate surface area is 521 Å². The van der Waals surface area contributed by atoms with Crippen molar-refractivity contribution >= 4 is 76.9 Å². The van der Waals surface area contributed by atoms with Crippen LogP contribution in [0.5, 0.6) is 0 Å². The fraction of sp³-hybridized carbons (Fsp3) is 0.780. The van der Waals surface area contributed by atoms with E-state index in [2.05, 4.69) is 42.5 Å². The number of nitrogens with one attached hydrogen (secondary N) is 8. The summed E-state index contributed by atoms with van der Waals surface area (Å²) in [5, 5.41) is 29.9. The number of hydrogen-bond donors (Lipinski definition) is 10. The number of carboxylic acids is 1. The van der Waals surface area contributed by atoms with E-state index in [4.69, 9.17) is 19.9 Å². The number of nitrogens with zero attached hydrogens (tertiary/aromatic N) is 4. The van der Waals surface area contributed by atoms with E-state index in [0.29, 0.717) is 38.5 Å². The van der Waals surface area contributed by atoms with Gasteiger partial charge in [-0.2, -0.15) is 0 Å². The lowest BCUT2D eigenvalue weighted by molar-refractivity contribution is -0.151. The molecular formula is C59H99N13O17.